The van der Waals surface area contributed by atoms with E-state index >= 15 is 0 Å². The highest BCUT2D eigenvalue weighted by Crippen LogP contribution is 2.22. The predicted octanol–water partition coefficient (Wildman–Crippen LogP) is 2.63. The Kier molecular flexibility index (Phi) is 6.36. The molecule has 3 N–H and O–H groups in total. The van der Waals surface area contributed by atoms with Gasteiger partial charge in [-0.2, -0.15) is 0 Å². The normalized spacial score (nSPS) is 21.9. The zero-order valence-electron chi connectivity index (χ0n) is 11.1. The molecule has 0 heterocycles. The lowest BCUT2D eigenvalue weighted by molar-refractivity contribution is 0.0938. The standard InChI is InChI=1S/C14H18F2N2O.ClH/c15-10-4-5-12(13(16)7-10)14(19)18-8-9-2-1-3-11(17)6-9;/h4-5,7,9,11H,1-3,6,8,17H2,(H,18,19);1H. The van der Waals surface area contributed by atoms with Crippen molar-refractivity contribution in [2.75, 3.05) is 6.54 Å². The second-order valence-corrected chi connectivity index (χ2v) is 5.13. The second-order valence-electron chi connectivity index (χ2n) is 5.13. The molecule has 112 valence electrons. The number of amides is 1. The van der Waals surface area contributed by atoms with Crippen LogP contribution in [0.25, 0.3) is 0 Å². The fourth-order valence-electron chi connectivity index (χ4n) is 2.52. The monoisotopic (exact) mass is 304 g/mol. The van der Waals surface area contributed by atoms with Gasteiger partial charge in [0.2, 0.25) is 0 Å². The third-order valence-corrected chi connectivity index (χ3v) is 3.55. The highest BCUT2D eigenvalue weighted by atomic mass is 35.5. The number of benzene rings is 1. The van der Waals surface area contributed by atoms with Crippen molar-refractivity contribution >= 4 is 18.3 Å². The summed E-state index contributed by atoms with van der Waals surface area (Å²) in [5.74, 6) is -1.68. The van der Waals surface area contributed by atoms with Crippen molar-refractivity contribution in [1.29, 1.82) is 0 Å². The first-order valence-corrected chi connectivity index (χ1v) is 6.55. The van der Waals surface area contributed by atoms with Gasteiger partial charge in [0.15, 0.2) is 0 Å². The van der Waals surface area contributed by atoms with Crippen LogP contribution in [0.15, 0.2) is 18.2 Å². The molecule has 1 fully saturated rings. The van der Waals surface area contributed by atoms with E-state index in [4.69, 9.17) is 5.73 Å². The Balaban J connectivity index is 0.00000200. The quantitative estimate of drug-likeness (QED) is 0.902. The van der Waals surface area contributed by atoms with Crippen LogP contribution in [0.3, 0.4) is 0 Å². The Morgan fingerprint density at radius 1 is 1.35 bits per heavy atom. The van der Waals surface area contributed by atoms with E-state index in [2.05, 4.69) is 5.32 Å². The summed E-state index contributed by atoms with van der Waals surface area (Å²) < 4.78 is 26.2. The van der Waals surface area contributed by atoms with Gasteiger partial charge < -0.3 is 11.1 Å². The van der Waals surface area contributed by atoms with Crippen LogP contribution >= 0.6 is 12.4 Å². The molecule has 2 atom stereocenters. The van der Waals surface area contributed by atoms with E-state index < -0.39 is 17.5 Å². The molecular weight excluding hydrogens is 286 g/mol. The molecule has 20 heavy (non-hydrogen) atoms. The highest BCUT2D eigenvalue weighted by molar-refractivity contribution is 5.94. The van der Waals surface area contributed by atoms with Gasteiger partial charge in [-0.15, -0.1) is 12.4 Å². The molecule has 3 nitrogen and oxygen atoms in total. The lowest BCUT2D eigenvalue weighted by Crippen LogP contribution is -2.35. The first-order chi connectivity index (χ1) is 9.06. The van der Waals surface area contributed by atoms with Crippen molar-refractivity contribution < 1.29 is 13.6 Å². The molecule has 1 saturated carbocycles. The molecule has 0 aromatic heterocycles. The molecule has 0 radical (unpaired) electrons. The number of carbonyl (C=O) groups excluding carboxylic acids is 1. The summed E-state index contributed by atoms with van der Waals surface area (Å²) in [6.45, 7) is 0.489. The Morgan fingerprint density at radius 2 is 2.10 bits per heavy atom. The average molecular weight is 305 g/mol. The molecule has 1 aromatic rings. The second kappa shape index (κ2) is 7.55. The zero-order valence-corrected chi connectivity index (χ0v) is 11.9. The molecule has 2 rings (SSSR count). The van der Waals surface area contributed by atoms with Crippen LogP contribution < -0.4 is 11.1 Å². The molecule has 1 amide bonds. The number of hydrogen-bond acceptors (Lipinski definition) is 2. The molecule has 2 unspecified atom stereocenters. The number of nitrogens with two attached hydrogens (primary N) is 1. The Bertz CT molecular complexity index is 470. The summed E-state index contributed by atoms with van der Waals surface area (Å²) in [4.78, 5) is 11.8. The molecule has 1 aromatic carbocycles. The smallest absolute Gasteiger partial charge is 0.254 e. The van der Waals surface area contributed by atoms with E-state index in [9.17, 15) is 13.6 Å². The zero-order chi connectivity index (χ0) is 13.8. The molecule has 0 bridgehead atoms. The van der Waals surface area contributed by atoms with Crippen molar-refractivity contribution in [2.24, 2.45) is 11.7 Å². The van der Waals surface area contributed by atoms with Gasteiger partial charge in [0.05, 0.1) is 5.56 Å². The molecular formula is C14H19ClF2N2O. The van der Waals surface area contributed by atoms with Gasteiger partial charge in [0.25, 0.3) is 5.91 Å². The predicted molar refractivity (Wildman–Crippen MR) is 75.9 cm³/mol. The molecule has 1 aliphatic carbocycles. The molecule has 0 aliphatic heterocycles. The van der Waals surface area contributed by atoms with E-state index in [0.717, 1.165) is 37.8 Å². The Labute approximate surface area is 123 Å². The first-order valence-electron chi connectivity index (χ1n) is 6.55. The van der Waals surface area contributed by atoms with Crippen LogP contribution in [-0.2, 0) is 0 Å². The van der Waals surface area contributed by atoms with Gasteiger partial charge in [0, 0.05) is 18.7 Å². The van der Waals surface area contributed by atoms with Crippen molar-refractivity contribution in [3.8, 4) is 0 Å². The minimum atomic E-state index is -0.835. The lowest BCUT2D eigenvalue weighted by atomic mass is 9.86. The van der Waals surface area contributed by atoms with Gasteiger partial charge in [-0.05, 0) is 37.3 Å². The van der Waals surface area contributed by atoms with E-state index in [0.29, 0.717) is 18.5 Å². The van der Waals surface area contributed by atoms with E-state index in [-0.39, 0.29) is 24.0 Å². The molecule has 0 spiro atoms. The fourth-order valence-corrected chi connectivity index (χ4v) is 2.52. The van der Waals surface area contributed by atoms with Crippen LogP contribution in [-0.4, -0.2) is 18.5 Å². The maximum absolute atomic E-state index is 13.4. The van der Waals surface area contributed by atoms with Crippen molar-refractivity contribution in [2.45, 2.75) is 31.7 Å². The highest BCUT2D eigenvalue weighted by Gasteiger charge is 2.20. The van der Waals surface area contributed by atoms with Crippen LogP contribution in [0.4, 0.5) is 8.78 Å². The van der Waals surface area contributed by atoms with Crippen LogP contribution in [0, 0.1) is 17.6 Å². The maximum atomic E-state index is 13.4. The maximum Gasteiger partial charge on any atom is 0.254 e. The minimum Gasteiger partial charge on any atom is -0.352 e. The summed E-state index contributed by atoms with van der Waals surface area (Å²) in [5, 5.41) is 2.69. The van der Waals surface area contributed by atoms with Crippen molar-refractivity contribution in [3.05, 3.63) is 35.4 Å². The Hall–Kier alpha value is -1.20. The summed E-state index contributed by atoms with van der Waals surface area (Å²) in [5.41, 5.74) is 5.75. The third kappa shape index (κ3) is 4.42. The number of hydrogen-bond donors (Lipinski definition) is 2. The van der Waals surface area contributed by atoms with E-state index in [1.54, 1.807) is 0 Å². The first kappa shape index (κ1) is 16.9. The van der Waals surface area contributed by atoms with Crippen LogP contribution in [0.2, 0.25) is 0 Å². The summed E-state index contributed by atoms with van der Waals surface area (Å²) in [6.07, 6.45) is 4.00. The fraction of sp³-hybridized carbons (Fsp3) is 0.500. The largest absolute Gasteiger partial charge is 0.352 e. The SMILES string of the molecule is Cl.NC1CCCC(CNC(=O)c2ccc(F)cc2F)C1. The molecule has 6 heteroatoms. The third-order valence-electron chi connectivity index (χ3n) is 3.55. The van der Waals surface area contributed by atoms with Crippen molar-refractivity contribution in [3.63, 3.8) is 0 Å². The van der Waals surface area contributed by atoms with E-state index in [1.165, 1.54) is 0 Å². The average Bonchev–Trinajstić information content (AvgIpc) is 2.36. The van der Waals surface area contributed by atoms with E-state index in [1.807, 2.05) is 0 Å². The summed E-state index contributed by atoms with van der Waals surface area (Å²) in [7, 11) is 0. The summed E-state index contributed by atoms with van der Waals surface area (Å²) >= 11 is 0. The van der Waals surface area contributed by atoms with Gasteiger partial charge in [0.1, 0.15) is 11.6 Å². The topological polar surface area (TPSA) is 55.1 Å². The van der Waals surface area contributed by atoms with Gasteiger partial charge in [-0.25, -0.2) is 8.78 Å². The number of rotatable bonds is 3. The van der Waals surface area contributed by atoms with Crippen LogP contribution in [0.5, 0.6) is 0 Å². The minimum absolute atomic E-state index is 0. The number of halogens is 3. The van der Waals surface area contributed by atoms with Crippen molar-refractivity contribution in [1.82, 2.24) is 5.32 Å². The summed E-state index contributed by atoms with van der Waals surface area (Å²) in [6, 6.07) is 3.14. The lowest BCUT2D eigenvalue weighted by Gasteiger charge is -2.26. The van der Waals surface area contributed by atoms with Gasteiger partial charge in [-0.1, -0.05) is 6.42 Å². The van der Waals surface area contributed by atoms with Gasteiger partial charge in [-0.3, -0.25) is 4.79 Å². The van der Waals surface area contributed by atoms with Crippen LogP contribution in [0.1, 0.15) is 36.0 Å². The molecule has 1 aliphatic rings. The number of carbonyl (C=O) groups is 1. The van der Waals surface area contributed by atoms with Gasteiger partial charge >= 0.3 is 0 Å². The Morgan fingerprint density at radius 3 is 2.75 bits per heavy atom. The molecule has 0 saturated heterocycles. The number of nitrogens with one attached hydrogen (secondary N) is 1.